The van der Waals surface area contributed by atoms with Crippen LogP contribution in [0, 0.1) is 11.3 Å². The smallest absolute Gasteiger partial charge is 0.341 e. The Hall–Kier alpha value is -1.71. The molecule has 1 aromatic rings. The predicted molar refractivity (Wildman–Crippen MR) is 135 cm³/mol. The molecule has 2 aliphatic heterocycles. The molecule has 0 spiro atoms. The number of ether oxygens (including phenoxy) is 2. The van der Waals surface area contributed by atoms with Crippen LogP contribution >= 0.6 is 16.1 Å². The van der Waals surface area contributed by atoms with Gasteiger partial charge in [-0.3, -0.25) is 23.4 Å². The van der Waals surface area contributed by atoms with Crippen molar-refractivity contribution in [2.24, 2.45) is 0 Å². The molecule has 13 nitrogen and oxygen atoms in total. The van der Waals surface area contributed by atoms with Crippen LogP contribution in [-0.2, 0) is 32.1 Å². The topological polar surface area (TPSA) is 154 Å². The van der Waals surface area contributed by atoms with Gasteiger partial charge in [-0.1, -0.05) is 0 Å². The molecule has 2 bridgehead atoms. The van der Waals surface area contributed by atoms with Gasteiger partial charge < -0.3 is 23.0 Å². The molecule has 2 fully saturated rings. The second-order valence-corrected chi connectivity index (χ2v) is 12.6. The second-order valence-electron chi connectivity index (χ2n) is 9.06. The van der Waals surface area contributed by atoms with Crippen LogP contribution in [0.25, 0.3) is 0 Å². The molecule has 0 radical (unpaired) electrons. The maximum Gasteiger partial charge on any atom is 0.353 e. The van der Waals surface area contributed by atoms with Gasteiger partial charge in [-0.05, 0) is 33.8 Å². The molecule has 3 heterocycles. The van der Waals surface area contributed by atoms with Crippen molar-refractivity contribution in [3.05, 3.63) is 45.0 Å². The maximum absolute atomic E-state index is 12.8. The highest BCUT2D eigenvalue weighted by Crippen LogP contribution is 2.57. The molecule has 1 aromatic heterocycles. The van der Waals surface area contributed by atoms with Crippen LogP contribution in [0.5, 0.6) is 0 Å². The van der Waals surface area contributed by atoms with Crippen molar-refractivity contribution >= 4 is 16.1 Å². The number of nitriles is 1. The fraction of sp³-hybridized carbons (Fsp3) is 0.682. The summed E-state index contributed by atoms with van der Waals surface area (Å²) < 4.78 is 51.1. The number of hydrogen-bond donors (Lipinski definition) is 1. The first-order chi connectivity index (χ1) is 17.5. The van der Waals surface area contributed by atoms with Crippen molar-refractivity contribution in [1.82, 2.24) is 14.2 Å². The Kier molecular flexibility index (Phi) is 10.0. The summed E-state index contributed by atoms with van der Waals surface area (Å²) in [4.78, 5) is 26.2. The number of fused-ring (bicyclic) bond motifs is 2. The summed E-state index contributed by atoms with van der Waals surface area (Å²) in [6.07, 6.45) is 0.765. The van der Waals surface area contributed by atoms with Crippen molar-refractivity contribution in [2.45, 2.75) is 76.8 Å². The van der Waals surface area contributed by atoms with Crippen LogP contribution in [0.4, 0.5) is 0 Å². The Morgan fingerprint density at radius 1 is 1.32 bits per heavy atom. The first-order valence-electron chi connectivity index (χ1n) is 11.8. The number of aromatic nitrogens is 2. The normalized spacial score (nSPS) is 26.5. The molecule has 0 amide bonds. The Balaban J connectivity index is 1.97. The first-order valence-corrected chi connectivity index (χ1v) is 14.5. The van der Waals surface area contributed by atoms with E-state index in [1.165, 1.54) is 42.9 Å². The van der Waals surface area contributed by atoms with Gasteiger partial charge in [0.2, 0.25) is 0 Å². The fourth-order valence-electron chi connectivity index (χ4n) is 4.26. The van der Waals surface area contributed by atoms with E-state index in [-0.39, 0.29) is 31.5 Å². The summed E-state index contributed by atoms with van der Waals surface area (Å²) in [6.45, 7) is 8.19. The first kappa shape index (κ1) is 29.8. The highest BCUT2D eigenvalue weighted by atomic mass is 31.2. The largest absolute Gasteiger partial charge is 0.353 e. The van der Waals surface area contributed by atoms with Gasteiger partial charge >= 0.3 is 13.3 Å². The monoisotopic (exact) mass is 560 g/mol. The van der Waals surface area contributed by atoms with Gasteiger partial charge in [-0.2, -0.15) is 5.26 Å². The molecule has 3 rings (SSSR count). The van der Waals surface area contributed by atoms with E-state index in [4.69, 9.17) is 32.8 Å². The third kappa shape index (κ3) is 6.66. The van der Waals surface area contributed by atoms with Gasteiger partial charge in [0.15, 0.2) is 12.5 Å². The molecular weight excluding hydrogens is 526 g/mol. The minimum atomic E-state index is -3.57. The fourth-order valence-corrected chi connectivity index (χ4v) is 6.78. The summed E-state index contributed by atoms with van der Waals surface area (Å²) in [7, 11) is -2.75. The molecule has 37 heavy (non-hydrogen) atoms. The van der Waals surface area contributed by atoms with E-state index < -0.39 is 51.6 Å². The lowest BCUT2D eigenvalue weighted by Gasteiger charge is -2.41. The van der Waals surface area contributed by atoms with Gasteiger partial charge in [0.05, 0.1) is 19.1 Å². The van der Waals surface area contributed by atoms with E-state index in [0.29, 0.717) is 0 Å². The molecule has 206 valence electrons. The van der Waals surface area contributed by atoms with Crippen LogP contribution in [0.15, 0.2) is 33.7 Å². The lowest BCUT2D eigenvalue weighted by Crippen LogP contribution is -2.47. The van der Waals surface area contributed by atoms with Crippen molar-refractivity contribution in [2.75, 3.05) is 20.8 Å². The molecule has 0 saturated carbocycles. The minimum Gasteiger partial charge on any atom is -0.341 e. The maximum atomic E-state index is 12.8. The molecule has 2 unspecified atom stereocenters. The Morgan fingerprint density at radius 2 is 2.00 bits per heavy atom. The second kappa shape index (κ2) is 12.4. The summed E-state index contributed by atoms with van der Waals surface area (Å²) in [6, 6.07) is 3.37. The van der Waals surface area contributed by atoms with Crippen molar-refractivity contribution in [3.63, 3.8) is 0 Å². The van der Waals surface area contributed by atoms with Crippen LogP contribution in [0.3, 0.4) is 0 Å². The lowest BCUT2D eigenvalue weighted by molar-refractivity contribution is -0.251. The van der Waals surface area contributed by atoms with Crippen LogP contribution in [0.1, 0.15) is 46.8 Å². The molecular formula is C22H34N4O9P2. The summed E-state index contributed by atoms with van der Waals surface area (Å²) in [5, 5.41) is 8.99. The number of H-pyrrole nitrogens is 1. The van der Waals surface area contributed by atoms with E-state index in [9.17, 15) is 14.2 Å². The average Bonchev–Trinajstić information content (AvgIpc) is 3.38. The minimum absolute atomic E-state index is 0.0499. The Labute approximate surface area is 216 Å². The van der Waals surface area contributed by atoms with Crippen molar-refractivity contribution < 1.29 is 32.1 Å². The van der Waals surface area contributed by atoms with Gasteiger partial charge in [0.25, 0.3) is 14.1 Å². The molecule has 1 N–H and O–H groups in total. The average molecular weight is 560 g/mol. The zero-order chi connectivity index (χ0) is 27.4. The van der Waals surface area contributed by atoms with Gasteiger partial charge in [-0.25, -0.2) is 9.46 Å². The standard InChI is InChI=1S/C22H34N4O9P2/c1-15(2)26(16(3)4)36(32-12-7-10-23)35-20-22(9-13-37(29,30-5)31-6)14-17(33-20)19(34-22)25-11-8-18(27)24-21(25)28/h8-9,11,13,15-17,19-20H,7,12,14H2,1-6H3,(H,24,27,28)/b13-9+/t17-,19+,20?,22+,36?/m0/s1. The van der Waals surface area contributed by atoms with Gasteiger partial charge in [-0.15, -0.1) is 0 Å². The van der Waals surface area contributed by atoms with E-state index >= 15 is 0 Å². The number of hydrogen-bond acceptors (Lipinski definition) is 11. The number of rotatable bonds is 13. The van der Waals surface area contributed by atoms with Crippen molar-refractivity contribution in [3.8, 4) is 6.07 Å². The van der Waals surface area contributed by atoms with Crippen LogP contribution < -0.4 is 11.2 Å². The molecule has 0 aromatic carbocycles. The Morgan fingerprint density at radius 3 is 2.57 bits per heavy atom. The number of nitrogens with zero attached hydrogens (tertiary/aromatic N) is 3. The van der Waals surface area contributed by atoms with Crippen LogP contribution in [0.2, 0.25) is 0 Å². The lowest BCUT2D eigenvalue weighted by atomic mass is 10.0. The molecule has 0 aliphatic carbocycles. The van der Waals surface area contributed by atoms with Crippen LogP contribution in [-0.4, -0.2) is 65.1 Å². The zero-order valence-electron chi connectivity index (χ0n) is 21.7. The van der Waals surface area contributed by atoms with Crippen molar-refractivity contribution in [1.29, 1.82) is 5.26 Å². The van der Waals surface area contributed by atoms with E-state index in [0.717, 1.165) is 0 Å². The highest BCUT2D eigenvalue weighted by molar-refractivity contribution is 7.57. The Bertz CT molecular complexity index is 1150. The highest BCUT2D eigenvalue weighted by Gasteiger charge is 2.61. The summed E-state index contributed by atoms with van der Waals surface area (Å²) in [5.41, 5.74) is -2.47. The number of aromatic amines is 1. The van der Waals surface area contributed by atoms with E-state index in [1.807, 2.05) is 32.4 Å². The zero-order valence-corrected chi connectivity index (χ0v) is 23.5. The summed E-state index contributed by atoms with van der Waals surface area (Å²) in [5.74, 6) is 1.27. The SMILES string of the molecule is COP(=O)(/C=C/[C@@]12C[C@H](OC1OP(OCCC#N)N(C(C)C)C(C)C)[C@H](n1ccc(=O)[nH]c1=O)O2)OC. The predicted octanol–water partition coefficient (Wildman–Crippen LogP) is 3.21. The number of nitrogens with one attached hydrogen (secondary N) is 1. The third-order valence-electron chi connectivity index (χ3n) is 5.90. The summed E-state index contributed by atoms with van der Waals surface area (Å²) >= 11 is 0. The molecule has 5 atom stereocenters. The molecule has 15 heteroatoms. The quantitative estimate of drug-likeness (QED) is 0.279. The molecule has 2 aliphatic rings. The van der Waals surface area contributed by atoms with E-state index in [2.05, 4.69) is 11.1 Å². The third-order valence-corrected chi connectivity index (χ3v) is 9.51. The molecule has 2 saturated heterocycles. The van der Waals surface area contributed by atoms with Gasteiger partial charge in [0.1, 0.15) is 11.7 Å². The van der Waals surface area contributed by atoms with E-state index in [1.54, 1.807) is 0 Å². The van der Waals surface area contributed by atoms with Gasteiger partial charge in [0, 0.05) is 50.8 Å².